The lowest BCUT2D eigenvalue weighted by Crippen LogP contribution is -2.12. The zero-order valence-corrected chi connectivity index (χ0v) is 9.77. The molecule has 5 nitrogen and oxygen atoms in total. The van der Waals surface area contributed by atoms with Crippen LogP contribution in [0.2, 0.25) is 0 Å². The molecule has 5 heteroatoms. The average Bonchev–Trinajstić information content (AvgIpc) is 2.28. The molecular weight excluding hydrogens is 216 g/mol. The van der Waals surface area contributed by atoms with E-state index in [1.165, 1.54) is 0 Å². The van der Waals surface area contributed by atoms with Crippen molar-refractivity contribution in [3.8, 4) is 0 Å². The molecule has 0 saturated heterocycles. The first-order valence-corrected chi connectivity index (χ1v) is 5.38. The van der Waals surface area contributed by atoms with Crippen LogP contribution in [0, 0.1) is 0 Å². The van der Waals surface area contributed by atoms with E-state index in [0.717, 1.165) is 17.1 Å². The van der Waals surface area contributed by atoms with Crippen molar-refractivity contribution in [3.63, 3.8) is 0 Å². The second-order valence-electron chi connectivity index (χ2n) is 4.14. The van der Waals surface area contributed by atoms with Gasteiger partial charge in [0.05, 0.1) is 0 Å². The molecule has 0 radical (unpaired) electrons. The minimum atomic E-state index is 0.224. The quantitative estimate of drug-likeness (QED) is 0.786. The molecule has 2 aromatic heterocycles. The predicted molar refractivity (Wildman–Crippen MR) is 68.1 cm³/mol. The lowest BCUT2D eigenvalue weighted by molar-refractivity contribution is 0.111. The summed E-state index contributed by atoms with van der Waals surface area (Å²) in [5.74, 6) is 1.10. The normalized spacial score (nSPS) is 10.8. The standard InChI is InChI=1S/C12H14N4O/c1-7(2)15-12-10-4-11(13)14-5-8(10)3-9(6-17)16-12/h3-7H,1-2H3,(H2,13,14)(H,15,16). The maximum absolute atomic E-state index is 10.8. The van der Waals surface area contributed by atoms with E-state index in [0.29, 0.717) is 17.3 Å². The first-order valence-electron chi connectivity index (χ1n) is 5.38. The minimum Gasteiger partial charge on any atom is -0.384 e. The molecule has 0 spiro atoms. The Morgan fingerprint density at radius 1 is 1.41 bits per heavy atom. The summed E-state index contributed by atoms with van der Waals surface area (Å²) in [6.07, 6.45) is 2.37. The number of nitrogen functional groups attached to an aromatic ring is 1. The minimum absolute atomic E-state index is 0.224. The Hall–Kier alpha value is -2.17. The van der Waals surface area contributed by atoms with Gasteiger partial charge in [-0.25, -0.2) is 9.97 Å². The van der Waals surface area contributed by atoms with Crippen molar-refractivity contribution >= 4 is 28.7 Å². The summed E-state index contributed by atoms with van der Waals surface area (Å²) in [6, 6.07) is 3.67. The molecule has 0 aliphatic heterocycles. The number of nitrogens with zero attached hydrogens (tertiary/aromatic N) is 2. The number of rotatable bonds is 3. The molecule has 2 rings (SSSR count). The number of anilines is 2. The van der Waals surface area contributed by atoms with Gasteiger partial charge in [-0.1, -0.05) is 0 Å². The number of hydrogen-bond donors (Lipinski definition) is 2. The van der Waals surface area contributed by atoms with Gasteiger partial charge in [0.15, 0.2) is 6.29 Å². The largest absolute Gasteiger partial charge is 0.384 e. The van der Waals surface area contributed by atoms with E-state index in [9.17, 15) is 4.79 Å². The van der Waals surface area contributed by atoms with Crippen LogP contribution in [0.5, 0.6) is 0 Å². The van der Waals surface area contributed by atoms with Gasteiger partial charge in [-0.15, -0.1) is 0 Å². The van der Waals surface area contributed by atoms with Gasteiger partial charge in [0, 0.05) is 23.0 Å². The molecule has 2 heterocycles. The Bertz CT molecular complexity index is 566. The highest BCUT2D eigenvalue weighted by atomic mass is 16.1. The molecule has 0 aliphatic carbocycles. The molecule has 2 aromatic rings. The Morgan fingerprint density at radius 3 is 2.82 bits per heavy atom. The summed E-state index contributed by atoms with van der Waals surface area (Å²) in [6.45, 7) is 4.01. The van der Waals surface area contributed by atoms with E-state index >= 15 is 0 Å². The van der Waals surface area contributed by atoms with Crippen LogP contribution in [0.25, 0.3) is 10.8 Å². The first kappa shape index (κ1) is 11.3. The van der Waals surface area contributed by atoms with Gasteiger partial charge in [0.2, 0.25) is 0 Å². The van der Waals surface area contributed by atoms with E-state index in [1.807, 2.05) is 13.8 Å². The van der Waals surface area contributed by atoms with E-state index in [4.69, 9.17) is 5.73 Å². The Labute approximate surface area is 99.1 Å². The van der Waals surface area contributed by atoms with Gasteiger partial charge in [-0.3, -0.25) is 4.79 Å². The third kappa shape index (κ3) is 2.33. The summed E-state index contributed by atoms with van der Waals surface area (Å²) < 4.78 is 0. The summed E-state index contributed by atoms with van der Waals surface area (Å²) >= 11 is 0. The lowest BCUT2D eigenvalue weighted by atomic mass is 10.1. The average molecular weight is 230 g/mol. The van der Waals surface area contributed by atoms with Crippen LogP contribution in [0.3, 0.4) is 0 Å². The molecular formula is C12H14N4O. The van der Waals surface area contributed by atoms with Crippen molar-refractivity contribution in [2.45, 2.75) is 19.9 Å². The van der Waals surface area contributed by atoms with Crippen molar-refractivity contribution in [2.24, 2.45) is 0 Å². The van der Waals surface area contributed by atoms with Gasteiger partial charge < -0.3 is 11.1 Å². The smallest absolute Gasteiger partial charge is 0.168 e. The van der Waals surface area contributed by atoms with Gasteiger partial charge in [-0.2, -0.15) is 0 Å². The Kier molecular flexibility index (Phi) is 2.91. The third-order valence-electron chi connectivity index (χ3n) is 2.30. The number of aromatic nitrogens is 2. The highest BCUT2D eigenvalue weighted by molar-refractivity contribution is 5.95. The SMILES string of the molecule is CC(C)Nc1nc(C=O)cc2cnc(N)cc12. The number of carbonyl (C=O) groups is 1. The number of fused-ring (bicyclic) bond motifs is 1. The fourth-order valence-electron chi connectivity index (χ4n) is 1.63. The first-order chi connectivity index (χ1) is 8.10. The number of pyridine rings is 2. The van der Waals surface area contributed by atoms with Crippen LogP contribution in [0.15, 0.2) is 18.3 Å². The highest BCUT2D eigenvalue weighted by Crippen LogP contribution is 2.23. The molecule has 0 amide bonds. The van der Waals surface area contributed by atoms with Crippen LogP contribution >= 0.6 is 0 Å². The molecule has 88 valence electrons. The monoisotopic (exact) mass is 230 g/mol. The molecule has 0 aromatic carbocycles. The number of nitrogens with one attached hydrogen (secondary N) is 1. The van der Waals surface area contributed by atoms with Crippen LogP contribution in [0.4, 0.5) is 11.6 Å². The second-order valence-corrected chi connectivity index (χ2v) is 4.14. The molecule has 3 N–H and O–H groups in total. The summed E-state index contributed by atoms with van der Waals surface area (Å²) in [4.78, 5) is 19.1. The zero-order valence-electron chi connectivity index (χ0n) is 9.77. The lowest BCUT2D eigenvalue weighted by Gasteiger charge is -2.12. The number of nitrogens with two attached hydrogens (primary N) is 1. The molecule has 0 fully saturated rings. The van der Waals surface area contributed by atoms with Crippen molar-refractivity contribution in [3.05, 3.63) is 24.0 Å². The van der Waals surface area contributed by atoms with Gasteiger partial charge in [0.1, 0.15) is 17.3 Å². The summed E-state index contributed by atoms with van der Waals surface area (Å²) in [5.41, 5.74) is 6.04. The van der Waals surface area contributed by atoms with Crippen molar-refractivity contribution in [1.29, 1.82) is 0 Å². The summed E-state index contributed by atoms with van der Waals surface area (Å²) in [7, 11) is 0. The molecule has 0 atom stereocenters. The summed E-state index contributed by atoms with van der Waals surface area (Å²) in [5, 5.41) is 4.92. The van der Waals surface area contributed by atoms with Crippen molar-refractivity contribution < 1.29 is 4.79 Å². The third-order valence-corrected chi connectivity index (χ3v) is 2.30. The molecule has 0 bridgehead atoms. The Morgan fingerprint density at radius 2 is 2.18 bits per heavy atom. The molecule has 0 saturated carbocycles. The van der Waals surface area contributed by atoms with E-state index < -0.39 is 0 Å². The predicted octanol–water partition coefficient (Wildman–Crippen LogP) is 1.84. The van der Waals surface area contributed by atoms with Gasteiger partial charge >= 0.3 is 0 Å². The van der Waals surface area contributed by atoms with Crippen molar-refractivity contribution in [2.75, 3.05) is 11.1 Å². The van der Waals surface area contributed by atoms with Crippen LogP contribution < -0.4 is 11.1 Å². The number of hydrogen-bond acceptors (Lipinski definition) is 5. The van der Waals surface area contributed by atoms with E-state index in [-0.39, 0.29) is 6.04 Å². The maximum atomic E-state index is 10.8. The maximum Gasteiger partial charge on any atom is 0.168 e. The topological polar surface area (TPSA) is 80.9 Å². The van der Waals surface area contributed by atoms with Crippen molar-refractivity contribution in [1.82, 2.24) is 9.97 Å². The molecule has 17 heavy (non-hydrogen) atoms. The number of aldehydes is 1. The van der Waals surface area contributed by atoms with Gasteiger partial charge in [0.25, 0.3) is 0 Å². The number of carbonyl (C=O) groups excluding carboxylic acids is 1. The second kappa shape index (κ2) is 4.37. The van der Waals surface area contributed by atoms with E-state index in [1.54, 1.807) is 18.3 Å². The molecule has 0 unspecified atom stereocenters. The van der Waals surface area contributed by atoms with Gasteiger partial charge in [-0.05, 0) is 26.0 Å². The van der Waals surface area contributed by atoms with E-state index in [2.05, 4.69) is 15.3 Å². The zero-order chi connectivity index (χ0) is 12.4. The fraction of sp³-hybridized carbons (Fsp3) is 0.250. The van der Waals surface area contributed by atoms with Crippen LogP contribution in [0.1, 0.15) is 24.3 Å². The fourth-order valence-corrected chi connectivity index (χ4v) is 1.63. The Balaban J connectivity index is 2.67. The molecule has 0 aliphatic rings. The van der Waals surface area contributed by atoms with Crippen LogP contribution in [-0.2, 0) is 0 Å². The highest BCUT2D eigenvalue weighted by Gasteiger charge is 2.07. The van der Waals surface area contributed by atoms with Crippen LogP contribution in [-0.4, -0.2) is 22.3 Å².